The Kier molecular flexibility index (Phi) is 4.45. The number of rotatable bonds is 5. The van der Waals surface area contributed by atoms with Crippen molar-refractivity contribution >= 4 is 5.69 Å². The van der Waals surface area contributed by atoms with Crippen LogP contribution in [0, 0.1) is 5.92 Å². The van der Waals surface area contributed by atoms with Gasteiger partial charge in [0.05, 0.1) is 0 Å². The lowest BCUT2D eigenvalue weighted by atomic mass is 10.0. The van der Waals surface area contributed by atoms with Crippen molar-refractivity contribution in [2.75, 3.05) is 5.73 Å². The molecule has 0 atom stereocenters. The highest BCUT2D eigenvalue weighted by Crippen LogP contribution is 2.25. The highest BCUT2D eigenvalue weighted by molar-refractivity contribution is 5.48. The molecule has 2 rings (SSSR count). The van der Waals surface area contributed by atoms with E-state index in [0.29, 0.717) is 12.5 Å². The molecule has 2 nitrogen and oxygen atoms in total. The van der Waals surface area contributed by atoms with Crippen LogP contribution in [-0.2, 0) is 13.0 Å². The third kappa shape index (κ3) is 4.02. The molecule has 0 radical (unpaired) electrons. The molecule has 0 aliphatic heterocycles. The van der Waals surface area contributed by atoms with Gasteiger partial charge < -0.3 is 10.5 Å². The molecule has 0 fully saturated rings. The summed E-state index contributed by atoms with van der Waals surface area (Å²) in [5, 5.41) is 0. The molecule has 2 N–H and O–H groups in total. The van der Waals surface area contributed by atoms with Gasteiger partial charge >= 0.3 is 0 Å². The quantitative estimate of drug-likeness (QED) is 0.818. The normalized spacial score (nSPS) is 10.7. The molecule has 2 aromatic rings. The average Bonchev–Trinajstić information content (AvgIpc) is 2.40. The van der Waals surface area contributed by atoms with Crippen molar-refractivity contribution in [2.24, 2.45) is 5.92 Å². The standard InChI is InChI=1S/C17H21NO/c1-13(2)10-15-8-9-16(18)11-17(15)19-12-14-6-4-3-5-7-14/h3-9,11,13H,10,12,18H2,1-2H3. The summed E-state index contributed by atoms with van der Waals surface area (Å²) in [6, 6.07) is 16.1. The molecule has 0 spiro atoms. The highest BCUT2D eigenvalue weighted by Gasteiger charge is 2.07. The largest absolute Gasteiger partial charge is 0.489 e. The predicted octanol–water partition coefficient (Wildman–Crippen LogP) is 4.05. The van der Waals surface area contributed by atoms with Crippen LogP contribution in [0.15, 0.2) is 48.5 Å². The molecule has 0 unspecified atom stereocenters. The Labute approximate surface area is 115 Å². The molecule has 0 bridgehead atoms. The Hall–Kier alpha value is -1.96. The molecule has 100 valence electrons. The topological polar surface area (TPSA) is 35.2 Å². The van der Waals surface area contributed by atoms with Gasteiger partial charge in [0.2, 0.25) is 0 Å². The number of hydrogen-bond donors (Lipinski definition) is 1. The minimum absolute atomic E-state index is 0.579. The van der Waals surface area contributed by atoms with E-state index in [4.69, 9.17) is 10.5 Å². The fourth-order valence-corrected chi connectivity index (χ4v) is 2.05. The van der Waals surface area contributed by atoms with Crippen molar-refractivity contribution < 1.29 is 4.74 Å². The Bertz CT molecular complexity index is 520. The number of nitrogens with two attached hydrogens (primary N) is 1. The van der Waals surface area contributed by atoms with E-state index in [0.717, 1.165) is 17.9 Å². The van der Waals surface area contributed by atoms with Crippen LogP contribution in [0.1, 0.15) is 25.0 Å². The third-order valence-electron chi connectivity index (χ3n) is 2.96. The SMILES string of the molecule is CC(C)Cc1ccc(N)cc1OCc1ccccc1. The summed E-state index contributed by atoms with van der Waals surface area (Å²) in [5.74, 6) is 1.50. The third-order valence-corrected chi connectivity index (χ3v) is 2.96. The zero-order chi connectivity index (χ0) is 13.7. The van der Waals surface area contributed by atoms with E-state index in [1.807, 2.05) is 30.3 Å². The fraction of sp³-hybridized carbons (Fsp3) is 0.294. The molecular formula is C17H21NO. The number of ether oxygens (including phenoxy) is 1. The first kappa shape index (κ1) is 13.5. The van der Waals surface area contributed by atoms with Gasteiger partial charge in [0.15, 0.2) is 0 Å². The maximum atomic E-state index is 5.92. The molecule has 0 saturated carbocycles. The first-order valence-corrected chi connectivity index (χ1v) is 6.70. The first-order valence-electron chi connectivity index (χ1n) is 6.70. The van der Waals surface area contributed by atoms with Crippen LogP contribution in [-0.4, -0.2) is 0 Å². The summed E-state index contributed by atoms with van der Waals surface area (Å²) < 4.78 is 5.92. The van der Waals surface area contributed by atoms with Gasteiger partial charge in [-0.05, 0) is 29.5 Å². The van der Waals surface area contributed by atoms with Crippen LogP contribution in [0.2, 0.25) is 0 Å². The summed E-state index contributed by atoms with van der Waals surface area (Å²) in [5.41, 5.74) is 8.98. The van der Waals surface area contributed by atoms with E-state index < -0.39 is 0 Å². The maximum absolute atomic E-state index is 5.92. The molecular weight excluding hydrogens is 234 g/mol. The van der Waals surface area contributed by atoms with E-state index in [1.165, 1.54) is 11.1 Å². The molecule has 19 heavy (non-hydrogen) atoms. The van der Waals surface area contributed by atoms with E-state index in [-0.39, 0.29) is 0 Å². The van der Waals surface area contributed by atoms with Gasteiger partial charge in [0.25, 0.3) is 0 Å². The van der Waals surface area contributed by atoms with Gasteiger partial charge in [-0.3, -0.25) is 0 Å². The van der Waals surface area contributed by atoms with Crippen molar-refractivity contribution in [3.63, 3.8) is 0 Å². The van der Waals surface area contributed by atoms with Crippen molar-refractivity contribution in [1.82, 2.24) is 0 Å². The average molecular weight is 255 g/mol. The molecule has 0 heterocycles. The van der Waals surface area contributed by atoms with E-state index >= 15 is 0 Å². The van der Waals surface area contributed by atoms with Gasteiger partial charge in [-0.1, -0.05) is 50.2 Å². The minimum Gasteiger partial charge on any atom is -0.489 e. The molecule has 0 aromatic heterocycles. The molecule has 0 saturated heterocycles. The van der Waals surface area contributed by atoms with E-state index in [9.17, 15) is 0 Å². The number of anilines is 1. The molecule has 2 aromatic carbocycles. The van der Waals surface area contributed by atoms with Crippen molar-refractivity contribution in [1.29, 1.82) is 0 Å². The van der Waals surface area contributed by atoms with Crippen LogP contribution in [0.4, 0.5) is 5.69 Å². The summed E-state index contributed by atoms with van der Waals surface area (Å²) in [6.45, 7) is 4.99. The van der Waals surface area contributed by atoms with Gasteiger partial charge in [-0.25, -0.2) is 0 Å². The summed E-state index contributed by atoms with van der Waals surface area (Å²) in [4.78, 5) is 0. The Morgan fingerprint density at radius 2 is 1.79 bits per heavy atom. The predicted molar refractivity (Wildman–Crippen MR) is 80.2 cm³/mol. The second-order valence-corrected chi connectivity index (χ2v) is 5.24. The lowest BCUT2D eigenvalue weighted by molar-refractivity contribution is 0.302. The van der Waals surface area contributed by atoms with Crippen LogP contribution >= 0.6 is 0 Å². The summed E-state index contributed by atoms with van der Waals surface area (Å²) in [6.07, 6.45) is 1.00. The minimum atomic E-state index is 0.579. The zero-order valence-electron chi connectivity index (χ0n) is 11.6. The van der Waals surface area contributed by atoms with Crippen LogP contribution in [0.5, 0.6) is 5.75 Å². The van der Waals surface area contributed by atoms with Crippen LogP contribution in [0.25, 0.3) is 0 Å². The van der Waals surface area contributed by atoms with Gasteiger partial charge in [0, 0.05) is 11.8 Å². The molecule has 0 amide bonds. The summed E-state index contributed by atoms with van der Waals surface area (Å²) >= 11 is 0. The second kappa shape index (κ2) is 6.28. The Balaban J connectivity index is 2.12. The number of benzene rings is 2. The fourth-order valence-electron chi connectivity index (χ4n) is 2.05. The lowest BCUT2D eigenvalue weighted by Crippen LogP contribution is -2.02. The summed E-state index contributed by atoms with van der Waals surface area (Å²) in [7, 11) is 0. The Morgan fingerprint density at radius 1 is 1.05 bits per heavy atom. The van der Waals surface area contributed by atoms with Gasteiger partial charge in [-0.2, -0.15) is 0 Å². The molecule has 0 aliphatic carbocycles. The van der Waals surface area contributed by atoms with E-state index in [2.05, 4.69) is 32.0 Å². The van der Waals surface area contributed by atoms with Gasteiger partial charge in [-0.15, -0.1) is 0 Å². The highest BCUT2D eigenvalue weighted by atomic mass is 16.5. The van der Waals surface area contributed by atoms with Crippen LogP contribution < -0.4 is 10.5 Å². The second-order valence-electron chi connectivity index (χ2n) is 5.24. The monoisotopic (exact) mass is 255 g/mol. The van der Waals surface area contributed by atoms with E-state index in [1.54, 1.807) is 0 Å². The van der Waals surface area contributed by atoms with Crippen molar-refractivity contribution in [3.05, 3.63) is 59.7 Å². The smallest absolute Gasteiger partial charge is 0.125 e. The first-order chi connectivity index (χ1) is 9.15. The van der Waals surface area contributed by atoms with Gasteiger partial charge in [0.1, 0.15) is 12.4 Å². The van der Waals surface area contributed by atoms with Crippen LogP contribution in [0.3, 0.4) is 0 Å². The zero-order valence-corrected chi connectivity index (χ0v) is 11.6. The van der Waals surface area contributed by atoms with Crippen molar-refractivity contribution in [2.45, 2.75) is 26.9 Å². The maximum Gasteiger partial charge on any atom is 0.125 e. The Morgan fingerprint density at radius 3 is 2.47 bits per heavy atom. The number of nitrogen functional groups attached to an aromatic ring is 1. The molecule has 0 aliphatic rings. The lowest BCUT2D eigenvalue weighted by Gasteiger charge is -2.14. The van der Waals surface area contributed by atoms with Crippen molar-refractivity contribution in [3.8, 4) is 5.75 Å². The molecule has 2 heteroatoms. The number of hydrogen-bond acceptors (Lipinski definition) is 2.